The van der Waals surface area contributed by atoms with Gasteiger partial charge in [-0.3, -0.25) is 9.59 Å². The first-order valence-electron chi connectivity index (χ1n) is 6.33. The number of likely N-dealkylation sites (tertiary alicyclic amines) is 1. The molecule has 2 fully saturated rings. The minimum Gasteiger partial charge on any atom is -0.356 e. The van der Waals surface area contributed by atoms with E-state index in [9.17, 15) is 18.4 Å². The standard InChI is InChI=1S/C12H19F2N3O2/c1-16(2)5-9(18)17-7-11(3-4-15-10(11)19)6-12(13,14)8-17/h3-8H2,1-2H3,(H,15,19). The first-order chi connectivity index (χ1) is 8.74. The van der Waals surface area contributed by atoms with Crippen LogP contribution in [0.5, 0.6) is 0 Å². The van der Waals surface area contributed by atoms with Gasteiger partial charge < -0.3 is 15.1 Å². The number of hydrogen-bond donors (Lipinski definition) is 1. The van der Waals surface area contributed by atoms with Gasteiger partial charge in [-0.15, -0.1) is 0 Å². The van der Waals surface area contributed by atoms with E-state index in [1.807, 2.05) is 0 Å². The van der Waals surface area contributed by atoms with Crippen LogP contribution in [-0.2, 0) is 9.59 Å². The van der Waals surface area contributed by atoms with Crippen LogP contribution in [0.2, 0.25) is 0 Å². The number of alkyl halides is 2. The third-order valence-electron chi connectivity index (χ3n) is 3.69. The molecule has 5 nitrogen and oxygen atoms in total. The van der Waals surface area contributed by atoms with Crippen LogP contribution < -0.4 is 5.32 Å². The monoisotopic (exact) mass is 275 g/mol. The van der Waals surface area contributed by atoms with E-state index in [2.05, 4.69) is 5.32 Å². The first kappa shape index (κ1) is 14.2. The molecule has 0 aromatic heterocycles. The number of nitrogens with zero attached hydrogens (tertiary/aromatic N) is 2. The zero-order valence-electron chi connectivity index (χ0n) is 11.2. The molecule has 0 aromatic rings. The number of nitrogens with one attached hydrogen (secondary N) is 1. The predicted octanol–water partition coefficient (Wildman–Crippen LogP) is -0.0781. The number of piperidine rings is 1. The Kier molecular flexibility index (Phi) is 3.51. The number of carbonyl (C=O) groups excluding carboxylic acids is 2. The quantitative estimate of drug-likeness (QED) is 0.767. The molecule has 0 radical (unpaired) electrons. The minimum absolute atomic E-state index is 0.0772. The van der Waals surface area contributed by atoms with Crippen LogP contribution in [0, 0.1) is 5.41 Å². The summed E-state index contributed by atoms with van der Waals surface area (Å²) in [4.78, 5) is 26.6. The van der Waals surface area contributed by atoms with Crippen LogP contribution in [0.4, 0.5) is 8.78 Å². The number of amides is 2. The molecule has 2 aliphatic rings. The maximum Gasteiger partial charge on any atom is 0.266 e. The smallest absolute Gasteiger partial charge is 0.266 e. The summed E-state index contributed by atoms with van der Waals surface area (Å²) in [7, 11) is 3.41. The van der Waals surface area contributed by atoms with Gasteiger partial charge in [-0.1, -0.05) is 0 Å². The van der Waals surface area contributed by atoms with Crippen LogP contribution in [0.3, 0.4) is 0 Å². The molecule has 7 heteroatoms. The van der Waals surface area contributed by atoms with Crippen LogP contribution in [-0.4, -0.2) is 67.8 Å². The van der Waals surface area contributed by atoms with Gasteiger partial charge in [0.15, 0.2) is 0 Å². The number of carbonyl (C=O) groups is 2. The Labute approximate surface area is 110 Å². The zero-order chi connectivity index (χ0) is 14.3. The van der Waals surface area contributed by atoms with Crippen molar-refractivity contribution in [1.82, 2.24) is 15.1 Å². The lowest BCUT2D eigenvalue weighted by atomic mass is 9.77. The number of rotatable bonds is 2. The van der Waals surface area contributed by atoms with Crippen molar-refractivity contribution in [2.75, 3.05) is 40.3 Å². The fraction of sp³-hybridized carbons (Fsp3) is 0.833. The number of halogens is 2. The highest BCUT2D eigenvalue weighted by atomic mass is 19.3. The molecule has 2 amide bonds. The number of hydrogen-bond acceptors (Lipinski definition) is 3. The molecular weight excluding hydrogens is 256 g/mol. The van der Waals surface area contributed by atoms with E-state index in [0.29, 0.717) is 13.0 Å². The van der Waals surface area contributed by atoms with Gasteiger partial charge in [-0.05, 0) is 20.5 Å². The fourth-order valence-electron chi connectivity index (χ4n) is 2.89. The second-order valence-electron chi connectivity index (χ2n) is 5.81. The van der Waals surface area contributed by atoms with E-state index < -0.39 is 24.3 Å². The summed E-state index contributed by atoms with van der Waals surface area (Å²) in [6, 6.07) is 0. The van der Waals surface area contributed by atoms with E-state index in [1.54, 1.807) is 19.0 Å². The molecule has 0 saturated carbocycles. The molecule has 1 N–H and O–H groups in total. The maximum atomic E-state index is 13.8. The maximum absolute atomic E-state index is 13.8. The Balaban J connectivity index is 2.18. The third-order valence-corrected chi connectivity index (χ3v) is 3.69. The van der Waals surface area contributed by atoms with Crippen molar-refractivity contribution in [3.05, 3.63) is 0 Å². The van der Waals surface area contributed by atoms with Gasteiger partial charge in [0.05, 0.1) is 18.5 Å². The SMILES string of the molecule is CN(C)CC(=O)N1CC(F)(F)CC2(CCNC2=O)C1. The Hall–Kier alpha value is -1.24. The van der Waals surface area contributed by atoms with E-state index in [0.717, 1.165) is 4.90 Å². The summed E-state index contributed by atoms with van der Waals surface area (Å²) in [5, 5.41) is 2.60. The zero-order valence-corrected chi connectivity index (χ0v) is 11.2. The second-order valence-corrected chi connectivity index (χ2v) is 5.81. The average molecular weight is 275 g/mol. The lowest BCUT2D eigenvalue weighted by Crippen LogP contribution is -2.58. The molecule has 2 rings (SSSR count). The van der Waals surface area contributed by atoms with Crippen molar-refractivity contribution < 1.29 is 18.4 Å². The van der Waals surface area contributed by atoms with Gasteiger partial charge in [0.25, 0.3) is 5.92 Å². The minimum atomic E-state index is -3.00. The van der Waals surface area contributed by atoms with Crippen molar-refractivity contribution in [1.29, 1.82) is 0 Å². The van der Waals surface area contributed by atoms with Crippen molar-refractivity contribution in [2.45, 2.75) is 18.8 Å². The lowest BCUT2D eigenvalue weighted by Gasteiger charge is -2.42. The Bertz CT molecular complexity index is 400. The van der Waals surface area contributed by atoms with Gasteiger partial charge in [0.2, 0.25) is 11.8 Å². The second kappa shape index (κ2) is 4.70. The third kappa shape index (κ3) is 2.86. The molecule has 0 aliphatic carbocycles. The molecule has 2 heterocycles. The summed E-state index contributed by atoms with van der Waals surface area (Å²) in [6.45, 7) is -0.00575. The summed E-state index contributed by atoms with van der Waals surface area (Å²) in [5.74, 6) is -3.71. The molecule has 0 aromatic carbocycles. The molecule has 1 unspecified atom stereocenters. The molecular formula is C12H19F2N3O2. The first-order valence-corrected chi connectivity index (χ1v) is 6.33. The normalized spacial score (nSPS) is 29.9. The van der Waals surface area contributed by atoms with Gasteiger partial charge in [0, 0.05) is 19.5 Å². The fourth-order valence-corrected chi connectivity index (χ4v) is 2.89. The molecule has 0 bridgehead atoms. The topological polar surface area (TPSA) is 52.7 Å². The van der Waals surface area contributed by atoms with Crippen molar-refractivity contribution in [3.63, 3.8) is 0 Å². The largest absolute Gasteiger partial charge is 0.356 e. The summed E-state index contributed by atoms with van der Waals surface area (Å²) in [5.41, 5.74) is -1.11. The van der Waals surface area contributed by atoms with E-state index in [-0.39, 0.29) is 24.9 Å². The average Bonchev–Trinajstić information content (AvgIpc) is 2.56. The molecule has 19 heavy (non-hydrogen) atoms. The highest BCUT2D eigenvalue weighted by Crippen LogP contribution is 2.43. The highest BCUT2D eigenvalue weighted by Gasteiger charge is 2.55. The van der Waals surface area contributed by atoms with Gasteiger partial charge in [0.1, 0.15) is 0 Å². The van der Waals surface area contributed by atoms with Gasteiger partial charge in [-0.25, -0.2) is 8.78 Å². The summed E-state index contributed by atoms with van der Waals surface area (Å²) >= 11 is 0. The Morgan fingerprint density at radius 1 is 1.42 bits per heavy atom. The molecule has 1 atom stereocenters. The molecule has 108 valence electrons. The van der Waals surface area contributed by atoms with Crippen LogP contribution in [0.15, 0.2) is 0 Å². The van der Waals surface area contributed by atoms with E-state index in [4.69, 9.17) is 0 Å². The van der Waals surface area contributed by atoms with Crippen molar-refractivity contribution >= 4 is 11.8 Å². The predicted molar refractivity (Wildman–Crippen MR) is 64.8 cm³/mol. The highest BCUT2D eigenvalue weighted by molar-refractivity contribution is 5.87. The van der Waals surface area contributed by atoms with E-state index in [1.165, 1.54) is 0 Å². The van der Waals surface area contributed by atoms with Crippen LogP contribution >= 0.6 is 0 Å². The van der Waals surface area contributed by atoms with Crippen LogP contribution in [0.25, 0.3) is 0 Å². The molecule has 2 saturated heterocycles. The van der Waals surface area contributed by atoms with Crippen molar-refractivity contribution in [2.24, 2.45) is 5.41 Å². The summed E-state index contributed by atoms with van der Waals surface area (Å²) in [6.07, 6.45) is -0.0925. The number of likely N-dealkylation sites (N-methyl/N-ethyl adjacent to an activating group) is 1. The van der Waals surface area contributed by atoms with Crippen molar-refractivity contribution in [3.8, 4) is 0 Å². The Morgan fingerprint density at radius 3 is 2.63 bits per heavy atom. The van der Waals surface area contributed by atoms with Gasteiger partial charge >= 0.3 is 0 Å². The summed E-state index contributed by atoms with van der Waals surface area (Å²) < 4.78 is 27.7. The van der Waals surface area contributed by atoms with E-state index >= 15 is 0 Å². The molecule has 2 aliphatic heterocycles. The lowest BCUT2D eigenvalue weighted by molar-refractivity contribution is -0.160. The molecule has 1 spiro atoms. The van der Waals surface area contributed by atoms with Crippen LogP contribution in [0.1, 0.15) is 12.8 Å². The Morgan fingerprint density at radius 2 is 2.11 bits per heavy atom. The van der Waals surface area contributed by atoms with Gasteiger partial charge in [-0.2, -0.15) is 0 Å².